The lowest BCUT2D eigenvalue weighted by molar-refractivity contribution is -0.198. The van der Waals surface area contributed by atoms with E-state index in [4.69, 9.17) is 9.47 Å². The number of esters is 1. The fourth-order valence-electron chi connectivity index (χ4n) is 7.84. The number of carbonyl (C=O) groups is 2. The maximum Gasteiger partial charge on any atom is 0.416 e. The number of hydrogen-bond acceptors (Lipinski definition) is 6. The smallest absolute Gasteiger partial charge is 0.416 e. The van der Waals surface area contributed by atoms with Crippen LogP contribution in [-0.4, -0.2) is 70.7 Å². The monoisotopic (exact) mass is 582 g/mol. The molecule has 2 heterocycles. The molecule has 0 radical (unpaired) electrons. The van der Waals surface area contributed by atoms with Gasteiger partial charge < -0.3 is 19.5 Å². The zero-order chi connectivity index (χ0) is 30.0. The molecule has 4 aliphatic rings. The van der Waals surface area contributed by atoms with Gasteiger partial charge in [-0.15, -0.1) is 6.58 Å². The molecule has 2 aliphatic heterocycles. The van der Waals surface area contributed by atoms with Crippen LogP contribution in [0.25, 0.3) is 6.08 Å². The molecule has 42 heavy (non-hydrogen) atoms. The molecule has 2 aromatic carbocycles. The van der Waals surface area contributed by atoms with Gasteiger partial charge >= 0.3 is 12.1 Å². The van der Waals surface area contributed by atoms with Crippen LogP contribution < -0.4 is 9.47 Å². The Kier molecular flexibility index (Phi) is 6.77. The van der Waals surface area contributed by atoms with Gasteiger partial charge in [-0.2, -0.15) is 13.2 Å². The van der Waals surface area contributed by atoms with Crippen molar-refractivity contribution in [2.45, 2.75) is 68.0 Å². The Bertz CT molecular complexity index is 1470. The molecule has 2 aromatic rings. The second-order valence-electron chi connectivity index (χ2n) is 11.7. The number of carbonyl (C=O) groups excluding carboxylic acids is 2. The number of benzene rings is 2. The van der Waals surface area contributed by atoms with Crippen LogP contribution >= 0.6 is 0 Å². The number of likely N-dealkylation sites (tertiary alicyclic amines) is 1. The summed E-state index contributed by atoms with van der Waals surface area (Å²) < 4.78 is 51.0. The number of halogens is 3. The quantitative estimate of drug-likeness (QED) is 0.234. The third kappa shape index (κ3) is 4.18. The summed E-state index contributed by atoms with van der Waals surface area (Å²) in [5, 5.41) is 12.6. The Morgan fingerprint density at radius 1 is 1.21 bits per heavy atom. The molecule has 2 unspecified atom stereocenters. The van der Waals surface area contributed by atoms with Crippen molar-refractivity contribution in [1.29, 1.82) is 0 Å². The van der Waals surface area contributed by atoms with Gasteiger partial charge in [0.25, 0.3) is 0 Å². The average Bonchev–Trinajstić information content (AvgIpc) is 3.29. The van der Waals surface area contributed by atoms with Crippen molar-refractivity contribution < 1.29 is 37.3 Å². The molecule has 1 spiro atoms. The van der Waals surface area contributed by atoms with Crippen LogP contribution in [-0.2, 0) is 27.6 Å². The minimum atomic E-state index is -4.44. The van der Waals surface area contributed by atoms with Crippen LogP contribution in [0.1, 0.15) is 48.4 Å². The number of aliphatic hydroxyl groups is 1. The maximum atomic E-state index is 13.4. The first-order chi connectivity index (χ1) is 19.9. The predicted octanol–water partition coefficient (Wildman–Crippen LogP) is 4.51. The largest absolute Gasteiger partial charge is 0.483 e. The van der Waals surface area contributed by atoms with E-state index in [1.54, 1.807) is 18.0 Å². The van der Waals surface area contributed by atoms with Gasteiger partial charge in [-0.1, -0.05) is 24.3 Å². The SMILES string of the molecule is C=CCN1CC[C@]23c4c5ccc(OC(C)=O)c4OC2C(N(C)C(=O)/C=C/c2ccc(C(F)(F)F)cc2)CC[C@@]3(O)[C@H]1C5. The molecule has 1 amide bonds. The second kappa shape index (κ2) is 9.98. The van der Waals surface area contributed by atoms with Crippen molar-refractivity contribution in [1.82, 2.24) is 9.80 Å². The molecule has 7 nitrogen and oxygen atoms in total. The molecule has 6 rings (SSSR count). The van der Waals surface area contributed by atoms with Crippen molar-refractivity contribution in [3.63, 3.8) is 0 Å². The Balaban J connectivity index is 1.35. The van der Waals surface area contributed by atoms with Crippen LogP contribution in [0, 0.1) is 0 Å². The number of piperidine rings is 1. The zero-order valence-corrected chi connectivity index (χ0v) is 23.5. The fraction of sp³-hybridized carbons (Fsp3) is 0.438. The van der Waals surface area contributed by atoms with E-state index in [9.17, 15) is 27.9 Å². The first-order valence-corrected chi connectivity index (χ1v) is 14.1. The summed E-state index contributed by atoms with van der Waals surface area (Å²) in [6, 6.07) is 7.70. The molecule has 2 bridgehead atoms. The standard InChI is InChI=1S/C32H33F3N2O5/c1-4-16-37-17-15-30-27-21-8-11-24(41-19(2)38)28(27)42-29(30)23(13-14-31(30,40)25(37)18-21)36(3)26(39)12-7-20-5-9-22(10-6-20)32(33,34)35/h4-12,23,25,29,40H,1,13-18H2,2-3H3/b12-7+/t23?,25-,29?,30+,31-/m1/s1. The highest BCUT2D eigenvalue weighted by molar-refractivity contribution is 5.92. The van der Waals surface area contributed by atoms with Crippen molar-refractivity contribution in [3.8, 4) is 11.5 Å². The minimum absolute atomic E-state index is 0.171. The molecule has 5 atom stereocenters. The minimum Gasteiger partial charge on any atom is -0.483 e. The molecule has 222 valence electrons. The highest BCUT2D eigenvalue weighted by Gasteiger charge is 2.73. The van der Waals surface area contributed by atoms with Crippen molar-refractivity contribution in [2.24, 2.45) is 0 Å². The Morgan fingerprint density at radius 3 is 2.62 bits per heavy atom. The number of nitrogens with zero attached hydrogens (tertiary/aromatic N) is 2. The normalized spacial score (nSPS) is 29.5. The summed E-state index contributed by atoms with van der Waals surface area (Å²) in [5.74, 6) is -0.0635. The van der Waals surface area contributed by atoms with E-state index in [0.717, 1.165) is 23.3 Å². The molecule has 2 fully saturated rings. The lowest BCUT2D eigenvalue weighted by atomic mass is 9.48. The fourth-order valence-corrected chi connectivity index (χ4v) is 7.84. The third-order valence-corrected chi connectivity index (χ3v) is 9.65. The Labute approximate surface area is 242 Å². The lowest BCUT2D eigenvalue weighted by Gasteiger charge is -2.64. The summed E-state index contributed by atoms with van der Waals surface area (Å²) in [7, 11) is 1.68. The van der Waals surface area contributed by atoms with Gasteiger partial charge in [-0.3, -0.25) is 14.5 Å². The van der Waals surface area contributed by atoms with Crippen LogP contribution in [0.15, 0.2) is 55.1 Å². The second-order valence-corrected chi connectivity index (χ2v) is 11.7. The number of rotatable bonds is 6. The third-order valence-electron chi connectivity index (χ3n) is 9.65. The van der Waals surface area contributed by atoms with E-state index in [0.29, 0.717) is 55.8 Å². The van der Waals surface area contributed by atoms with E-state index in [-0.39, 0.29) is 11.9 Å². The van der Waals surface area contributed by atoms with E-state index in [2.05, 4.69) is 11.5 Å². The van der Waals surface area contributed by atoms with E-state index >= 15 is 0 Å². The van der Waals surface area contributed by atoms with Crippen molar-refractivity contribution >= 4 is 18.0 Å². The Morgan fingerprint density at radius 2 is 1.95 bits per heavy atom. The molecule has 1 saturated heterocycles. The summed E-state index contributed by atoms with van der Waals surface area (Å²) >= 11 is 0. The topological polar surface area (TPSA) is 79.3 Å². The predicted molar refractivity (Wildman–Crippen MR) is 149 cm³/mol. The van der Waals surface area contributed by atoms with E-state index in [1.165, 1.54) is 31.2 Å². The van der Waals surface area contributed by atoms with Crippen molar-refractivity contribution in [2.75, 3.05) is 20.1 Å². The molecule has 1 N–H and O–H groups in total. The number of ether oxygens (including phenoxy) is 2. The van der Waals surface area contributed by atoms with Gasteiger partial charge in [-0.25, -0.2) is 0 Å². The summed E-state index contributed by atoms with van der Waals surface area (Å²) in [4.78, 5) is 29.2. The van der Waals surface area contributed by atoms with Gasteiger partial charge in [0.05, 0.1) is 22.6 Å². The number of alkyl halides is 3. The average molecular weight is 583 g/mol. The van der Waals surface area contributed by atoms with Crippen LogP contribution in [0.3, 0.4) is 0 Å². The summed E-state index contributed by atoms with van der Waals surface area (Å²) in [5.41, 5.74) is -0.345. The van der Waals surface area contributed by atoms with E-state index < -0.39 is 40.9 Å². The summed E-state index contributed by atoms with van der Waals surface area (Å²) in [6.07, 6.45) is 1.75. The van der Waals surface area contributed by atoms with E-state index in [1.807, 2.05) is 12.1 Å². The zero-order valence-electron chi connectivity index (χ0n) is 23.5. The van der Waals surface area contributed by atoms with Crippen LogP contribution in [0.5, 0.6) is 11.5 Å². The molecular weight excluding hydrogens is 549 g/mol. The van der Waals surface area contributed by atoms with Crippen molar-refractivity contribution in [3.05, 3.63) is 77.4 Å². The molecule has 1 saturated carbocycles. The van der Waals surface area contributed by atoms with Gasteiger partial charge in [0.1, 0.15) is 6.10 Å². The highest BCUT2D eigenvalue weighted by atomic mass is 19.4. The molecule has 2 aliphatic carbocycles. The van der Waals surface area contributed by atoms with Gasteiger partial charge in [0.15, 0.2) is 11.5 Å². The molecular formula is C32H33F3N2O5. The first-order valence-electron chi connectivity index (χ1n) is 14.1. The van der Waals surface area contributed by atoms with Crippen LogP contribution in [0.4, 0.5) is 13.2 Å². The first kappa shape index (κ1) is 28.5. The molecule has 0 aromatic heterocycles. The highest BCUT2D eigenvalue weighted by Crippen LogP contribution is 2.66. The summed E-state index contributed by atoms with van der Waals surface area (Å²) in [6.45, 7) is 6.57. The number of likely N-dealkylation sites (N-methyl/N-ethyl adjacent to an activating group) is 1. The van der Waals surface area contributed by atoms with Gasteiger partial charge in [-0.05, 0) is 67.6 Å². The molecule has 10 heteroatoms. The Hall–Kier alpha value is -3.63. The van der Waals surface area contributed by atoms with Gasteiger partial charge in [0, 0.05) is 38.2 Å². The number of amides is 1. The van der Waals surface area contributed by atoms with Crippen LogP contribution in [0.2, 0.25) is 0 Å². The maximum absolute atomic E-state index is 13.4. The number of hydrogen-bond donors (Lipinski definition) is 1. The lowest BCUT2D eigenvalue weighted by Crippen LogP contribution is -2.78. The van der Waals surface area contributed by atoms with Gasteiger partial charge in [0.2, 0.25) is 5.91 Å².